The van der Waals surface area contributed by atoms with Crippen molar-refractivity contribution in [2.45, 2.75) is 0 Å². The Kier molecular flexibility index (Phi) is 10.2. The normalized spacial score (nSPS) is 11.6. The largest absolute Gasteiger partial charge is 0.455 e. The van der Waals surface area contributed by atoms with Crippen LogP contribution in [0.5, 0.6) is 0 Å². The number of aromatic nitrogens is 1. The first-order valence-electron chi connectivity index (χ1n) is 25.0. The zero-order valence-electron chi connectivity index (χ0n) is 39.9. The van der Waals surface area contributed by atoms with Gasteiger partial charge >= 0.3 is 0 Å². The SMILES string of the molecule is c1ccc(-c2cccc3c2oc2ccccc23)c(-c2ccc(N(c3ccc(-c4ccc(-c5ccccc5-n5c6ccccc6c6ccccc65)cc4)cc3)c3ccc(-c4cccc5ccccc45)cc3)cc2)c1. The lowest BCUT2D eigenvalue weighted by Gasteiger charge is -2.26. The minimum absolute atomic E-state index is 0.900. The van der Waals surface area contributed by atoms with Gasteiger partial charge in [0.2, 0.25) is 0 Å². The van der Waals surface area contributed by atoms with E-state index in [0.717, 1.165) is 72.4 Å². The summed E-state index contributed by atoms with van der Waals surface area (Å²) in [6, 6.07) is 101. The lowest BCUT2D eigenvalue weighted by Crippen LogP contribution is -2.09. The highest BCUT2D eigenvalue weighted by Crippen LogP contribution is 2.43. The second-order valence-corrected chi connectivity index (χ2v) is 18.8. The topological polar surface area (TPSA) is 21.3 Å². The number of anilines is 3. The Labute approximate surface area is 423 Å². The van der Waals surface area contributed by atoms with E-state index in [9.17, 15) is 0 Å². The van der Waals surface area contributed by atoms with Crippen LogP contribution in [0.1, 0.15) is 0 Å². The molecule has 3 heteroatoms. The summed E-state index contributed by atoms with van der Waals surface area (Å²) in [6.07, 6.45) is 0. The lowest BCUT2D eigenvalue weighted by molar-refractivity contribution is 0.670. The summed E-state index contributed by atoms with van der Waals surface area (Å²) in [7, 11) is 0. The minimum Gasteiger partial charge on any atom is -0.455 e. The van der Waals surface area contributed by atoms with Gasteiger partial charge < -0.3 is 13.9 Å². The number of para-hydroxylation sites is 5. The van der Waals surface area contributed by atoms with Crippen LogP contribution in [-0.2, 0) is 0 Å². The van der Waals surface area contributed by atoms with Gasteiger partial charge in [0.15, 0.2) is 0 Å². The molecule has 0 spiro atoms. The van der Waals surface area contributed by atoms with Gasteiger partial charge in [0.05, 0.1) is 16.7 Å². The van der Waals surface area contributed by atoms with Crippen LogP contribution < -0.4 is 4.90 Å². The van der Waals surface area contributed by atoms with Crippen LogP contribution in [0.4, 0.5) is 17.1 Å². The van der Waals surface area contributed by atoms with Crippen molar-refractivity contribution in [3.8, 4) is 61.3 Å². The predicted octanol–water partition coefficient (Wildman–Crippen LogP) is 19.6. The molecule has 2 heterocycles. The molecule has 0 radical (unpaired) electrons. The molecule has 3 nitrogen and oxygen atoms in total. The van der Waals surface area contributed by atoms with E-state index < -0.39 is 0 Å². The van der Waals surface area contributed by atoms with E-state index in [1.54, 1.807) is 0 Å². The van der Waals surface area contributed by atoms with Crippen molar-refractivity contribution in [3.05, 3.63) is 279 Å². The van der Waals surface area contributed by atoms with Crippen LogP contribution in [0.25, 0.3) is 116 Å². The summed E-state index contributed by atoms with van der Waals surface area (Å²) in [5, 5.41) is 7.26. The summed E-state index contributed by atoms with van der Waals surface area (Å²) in [5.74, 6) is 0. The molecule has 12 aromatic carbocycles. The Hall–Kier alpha value is -9.70. The van der Waals surface area contributed by atoms with Crippen molar-refractivity contribution in [1.82, 2.24) is 4.57 Å². The van der Waals surface area contributed by atoms with E-state index in [1.165, 1.54) is 60.5 Å². The third-order valence-corrected chi connectivity index (χ3v) is 14.7. The molecule has 0 saturated heterocycles. The Morgan fingerprint density at radius 1 is 0.260 bits per heavy atom. The molecule has 0 N–H and O–H groups in total. The summed E-state index contributed by atoms with van der Waals surface area (Å²) in [5.41, 5.74) is 20.2. The van der Waals surface area contributed by atoms with Crippen molar-refractivity contribution in [2.75, 3.05) is 4.90 Å². The average Bonchev–Trinajstić information content (AvgIpc) is 4.02. The molecule has 2 aromatic heterocycles. The average molecular weight is 931 g/mol. The number of benzene rings is 12. The first-order chi connectivity index (χ1) is 36.2. The second kappa shape index (κ2) is 17.6. The zero-order chi connectivity index (χ0) is 48.2. The quantitative estimate of drug-likeness (QED) is 0.144. The molecular weight excluding hydrogens is 885 g/mol. The summed E-state index contributed by atoms with van der Waals surface area (Å²) in [6.45, 7) is 0. The van der Waals surface area contributed by atoms with Crippen molar-refractivity contribution in [1.29, 1.82) is 0 Å². The number of hydrogen-bond donors (Lipinski definition) is 0. The van der Waals surface area contributed by atoms with Crippen LogP contribution in [0.15, 0.2) is 283 Å². The van der Waals surface area contributed by atoms with Crippen molar-refractivity contribution < 1.29 is 4.42 Å². The van der Waals surface area contributed by atoms with E-state index in [4.69, 9.17) is 4.42 Å². The summed E-state index contributed by atoms with van der Waals surface area (Å²) < 4.78 is 8.94. The summed E-state index contributed by atoms with van der Waals surface area (Å²) >= 11 is 0. The highest BCUT2D eigenvalue weighted by atomic mass is 16.3. The predicted molar refractivity (Wildman–Crippen MR) is 307 cm³/mol. The monoisotopic (exact) mass is 930 g/mol. The second-order valence-electron chi connectivity index (χ2n) is 18.8. The first-order valence-corrected chi connectivity index (χ1v) is 25.0. The lowest BCUT2D eigenvalue weighted by atomic mass is 9.93. The van der Waals surface area contributed by atoms with Crippen LogP contribution in [-0.4, -0.2) is 4.57 Å². The number of furan rings is 1. The molecule has 73 heavy (non-hydrogen) atoms. The van der Waals surface area contributed by atoms with Crippen molar-refractivity contribution in [3.63, 3.8) is 0 Å². The molecular formula is C70H46N2O. The fourth-order valence-corrected chi connectivity index (χ4v) is 11.2. The van der Waals surface area contributed by atoms with Crippen LogP contribution >= 0.6 is 0 Å². The highest BCUT2D eigenvalue weighted by molar-refractivity contribution is 6.11. The summed E-state index contributed by atoms with van der Waals surface area (Å²) in [4.78, 5) is 2.36. The maximum atomic E-state index is 6.53. The molecule has 0 unspecified atom stereocenters. The van der Waals surface area contributed by atoms with Crippen molar-refractivity contribution in [2.24, 2.45) is 0 Å². The molecule has 0 aliphatic rings. The van der Waals surface area contributed by atoms with E-state index >= 15 is 0 Å². The van der Waals surface area contributed by atoms with E-state index in [0.29, 0.717) is 0 Å². The third-order valence-electron chi connectivity index (χ3n) is 14.7. The van der Waals surface area contributed by atoms with Gasteiger partial charge in [0, 0.05) is 49.7 Å². The van der Waals surface area contributed by atoms with E-state index in [1.807, 2.05) is 12.1 Å². The highest BCUT2D eigenvalue weighted by Gasteiger charge is 2.19. The van der Waals surface area contributed by atoms with Gasteiger partial charge in [-0.15, -0.1) is 0 Å². The Bertz CT molecular complexity index is 4290. The zero-order valence-corrected chi connectivity index (χ0v) is 39.9. The van der Waals surface area contributed by atoms with Crippen LogP contribution in [0.3, 0.4) is 0 Å². The van der Waals surface area contributed by atoms with Gasteiger partial charge in [0.25, 0.3) is 0 Å². The molecule has 342 valence electrons. The molecule has 0 atom stereocenters. The van der Waals surface area contributed by atoms with Gasteiger partial charge in [-0.1, -0.05) is 218 Å². The standard InChI is InChI=1S/C70H46N2O/c1-2-17-56-49(15-1)16-13-24-57(56)50-37-43-54(44-38-50)71(55-45-39-51(40-46-55)58-18-3-4-20-60(58)64-25-14-26-65-63-23-8-12-30-69(63)73-70(64)65)53-41-35-48(36-42-53)47-31-33-52(34-32-47)59-19-5-9-27-66(59)72-67-28-10-6-21-61(67)62-22-7-11-29-68(62)72/h1-46H. The number of hydrogen-bond acceptors (Lipinski definition) is 2. The molecule has 14 aromatic rings. The molecule has 0 aliphatic heterocycles. The molecule has 0 amide bonds. The maximum Gasteiger partial charge on any atom is 0.143 e. The maximum absolute atomic E-state index is 6.53. The number of fused-ring (bicyclic) bond motifs is 7. The molecule has 0 bridgehead atoms. The van der Waals surface area contributed by atoms with Gasteiger partial charge in [-0.05, 0) is 116 Å². The smallest absolute Gasteiger partial charge is 0.143 e. The van der Waals surface area contributed by atoms with Gasteiger partial charge in [-0.25, -0.2) is 0 Å². The van der Waals surface area contributed by atoms with Gasteiger partial charge in [-0.3, -0.25) is 0 Å². The number of nitrogens with zero attached hydrogens (tertiary/aromatic N) is 2. The molecule has 14 rings (SSSR count). The van der Waals surface area contributed by atoms with Crippen LogP contribution in [0, 0.1) is 0 Å². The van der Waals surface area contributed by atoms with E-state index in [-0.39, 0.29) is 0 Å². The number of rotatable bonds is 9. The fourth-order valence-electron chi connectivity index (χ4n) is 11.2. The van der Waals surface area contributed by atoms with Gasteiger partial charge in [0.1, 0.15) is 11.2 Å². The Balaban J connectivity index is 0.816. The third kappa shape index (κ3) is 7.29. The van der Waals surface area contributed by atoms with Gasteiger partial charge in [-0.2, -0.15) is 0 Å². The fraction of sp³-hybridized carbons (Fsp3) is 0. The first kappa shape index (κ1) is 42.2. The van der Waals surface area contributed by atoms with Crippen LogP contribution in [0.2, 0.25) is 0 Å². The molecule has 0 fully saturated rings. The Morgan fingerprint density at radius 3 is 1.34 bits per heavy atom. The molecule has 0 saturated carbocycles. The minimum atomic E-state index is 0.900. The van der Waals surface area contributed by atoms with Crippen molar-refractivity contribution >= 4 is 71.6 Å². The van der Waals surface area contributed by atoms with E-state index in [2.05, 4.69) is 276 Å². The molecule has 0 aliphatic carbocycles. The Morgan fingerprint density at radius 2 is 0.671 bits per heavy atom.